The van der Waals surface area contributed by atoms with Gasteiger partial charge < -0.3 is 5.11 Å². The molecule has 0 saturated carbocycles. The maximum Gasteiger partial charge on any atom is 0.280 e. The first-order chi connectivity index (χ1) is 9.00. The van der Waals surface area contributed by atoms with Gasteiger partial charge >= 0.3 is 0 Å². The van der Waals surface area contributed by atoms with Crippen molar-refractivity contribution in [3.63, 3.8) is 0 Å². The van der Waals surface area contributed by atoms with Gasteiger partial charge in [0.2, 0.25) is 0 Å². The summed E-state index contributed by atoms with van der Waals surface area (Å²) >= 11 is 0. The van der Waals surface area contributed by atoms with Crippen LogP contribution in [0.5, 0.6) is 0 Å². The summed E-state index contributed by atoms with van der Waals surface area (Å²) in [5.41, 5.74) is 1.56. The first kappa shape index (κ1) is 13.1. The second-order valence-corrected chi connectivity index (χ2v) is 4.18. The van der Waals surface area contributed by atoms with Gasteiger partial charge in [0, 0.05) is 23.5 Å². The highest BCUT2D eigenvalue weighted by atomic mass is 16.6. The first-order valence-corrected chi connectivity index (χ1v) is 5.76. The first-order valence-electron chi connectivity index (χ1n) is 5.76. The van der Waals surface area contributed by atoms with Crippen LogP contribution in [0.2, 0.25) is 0 Å². The number of para-hydroxylation sites is 1. The number of aliphatic hydroxyl groups excluding tert-OH is 1. The molecule has 0 aliphatic heterocycles. The fourth-order valence-electron chi connectivity index (χ4n) is 1.84. The summed E-state index contributed by atoms with van der Waals surface area (Å²) in [5.74, 6) is 0.286. The maximum absolute atomic E-state index is 11.0. The standard InChI is InChI=1S/C13H13N3O3/c1-8-11(9(2)17)7-14-13(15-8)10-5-3-4-6-12(10)16(18)19/h3-7,9,17H,1-2H3. The minimum absolute atomic E-state index is 0.0355. The number of benzene rings is 1. The van der Waals surface area contributed by atoms with Gasteiger partial charge in [-0.1, -0.05) is 12.1 Å². The van der Waals surface area contributed by atoms with Gasteiger partial charge in [-0.15, -0.1) is 0 Å². The molecular weight excluding hydrogens is 246 g/mol. The molecule has 0 spiro atoms. The summed E-state index contributed by atoms with van der Waals surface area (Å²) < 4.78 is 0. The number of aryl methyl sites for hydroxylation is 1. The Kier molecular flexibility index (Phi) is 3.52. The Bertz CT molecular complexity index is 626. The molecule has 0 saturated heterocycles. The molecule has 6 nitrogen and oxygen atoms in total. The SMILES string of the molecule is Cc1nc(-c2ccccc2[N+](=O)[O-])ncc1C(C)O. The molecule has 0 radical (unpaired) electrons. The van der Waals surface area contributed by atoms with E-state index < -0.39 is 11.0 Å². The van der Waals surface area contributed by atoms with Crippen LogP contribution in [-0.2, 0) is 0 Å². The lowest BCUT2D eigenvalue weighted by atomic mass is 10.1. The van der Waals surface area contributed by atoms with Crippen LogP contribution in [0, 0.1) is 17.0 Å². The zero-order valence-electron chi connectivity index (χ0n) is 10.6. The predicted octanol–water partition coefficient (Wildman–Crippen LogP) is 2.41. The molecule has 1 unspecified atom stereocenters. The van der Waals surface area contributed by atoms with Gasteiger partial charge in [0.25, 0.3) is 5.69 Å². The van der Waals surface area contributed by atoms with E-state index in [0.29, 0.717) is 16.8 Å². The van der Waals surface area contributed by atoms with Gasteiger partial charge in [-0.2, -0.15) is 0 Å². The molecule has 0 aliphatic carbocycles. The van der Waals surface area contributed by atoms with E-state index in [1.165, 1.54) is 12.3 Å². The maximum atomic E-state index is 11.0. The van der Waals surface area contributed by atoms with E-state index in [-0.39, 0.29) is 11.5 Å². The lowest BCUT2D eigenvalue weighted by Gasteiger charge is -2.09. The Hall–Kier alpha value is -2.34. The van der Waals surface area contributed by atoms with Crippen LogP contribution >= 0.6 is 0 Å². The summed E-state index contributed by atoms with van der Waals surface area (Å²) in [6.45, 7) is 3.36. The monoisotopic (exact) mass is 259 g/mol. The van der Waals surface area contributed by atoms with Crippen LogP contribution in [0.1, 0.15) is 24.3 Å². The number of hydrogen-bond donors (Lipinski definition) is 1. The molecule has 2 aromatic rings. The normalized spacial score (nSPS) is 12.2. The molecule has 1 aromatic carbocycles. The molecule has 19 heavy (non-hydrogen) atoms. The van der Waals surface area contributed by atoms with E-state index in [1.54, 1.807) is 32.0 Å². The zero-order valence-corrected chi connectivity index (χ0v) is 10.6. The highest BCUT2D eigenvalue weighted by Crippen LogP contribution is 2.27. The number of rotatable bonds is 3. The Morgan fingerprint density at radius 1 is 1.37 bits per heavy atom. The molecule has 0 amide bonds. The number of aromatic nitrogens is 2. The number of aliphatic hydroxyl groups is 1. The summed E-state index contributed by atoms with van der Waals surface area (Å²) in [4.78, 5) is 18.8. The molecule has 1 N–H and O–H groups in total. The second kappa shape index (κ2) is 5.11. The summed E-state index contributed by atoms with van der Waals surface area (Å²) in [6, 6.07) is 6.31. The zero-order chi connectivity index (χ0) is 14.0. The van der Waals surface area contributed by atoms with Crippen LogP contribution in [0.15, 0.2) is 30.5 Å². The lowest BCUT2D eigenvalue weighted by Crippen LogP contribution is -2.02. The highest BCUT2D eigenvalue weighted by Gasteiger charge is 2.17. The van der Waals surface area contributed by atoms with E-state index >= 15 is 0 Å². The van der Waals surface area contributed by atoms with Crippen molar-refractivity contribution in [1.29, 1.82) is 0 Å². The van der Waals surface area contributed by atoms with Crippen molar-refractivity contribution in [1.82, 2.24) is 9.97 Å². The van der Waals surface area contributed by atoms with Crippen molar-refractivity contribution in [3.05, 3.63) is 51.8 Å². The molecule has 98 valence electrons. The average Bonchev–Trinajstić information content (AvgIpc) is 2.38. The van der Waals surface area contributed by atoms with Crippen molar-refractivity contribution >= 4 is 5.69 Å². The molecular formula is C13H13N3O3. The fourth-order valence-corrected chi connectivity index (χ4v) is 1.84. The Morgan fingerprint density at radius 2 is 2.05 bits per heavy atom. The van der Waals surface area contributed by atoms with E-state index in [1.807, 2.05) is 0 Å². The number of hydrogen-bond acceptors (Lipinski definition) is 5. The van der Waals surface area contributed by atoms with Crippen molar-refractivity contribution in [2.75, 3.05) is 0 Å². The van der Waals surface area contributed by atoms with Crippen molar-refractivity contribution < 1.29 is 10.0 Å². The largest absolute Gasteiger partial charge is 0.389 e. The molecule has 1 atom stereocenters. The topological polar surface area (TPSA) is 89.2 Å². The summed E-state index contributed by atoms with van der Waals surface area (Å²) in [5, 5.41) is 20.5. The van der Waals surface area contributed by atoms with E-state index in [4.69, 9.17) is 0 Å². The van der Waals surface area contributed by atoms with Gasteiger partial charge in [-0.3, -0.25) is 10.1 Å². The molecule has 0 aliphatic rings. The smallest absolute Gasteiger partial charge is 0.280 e. The van der Waals surface area contributed by atoms with Crippen LogP contribution < -0.4 is 0 Å². The molecule has 1 aromatic heterocycles. The van der Waals surface area contributed by atoms with Gasteiger partial charge in [-0.25, -0.2) is 9.97 Å². The minimum Gasteiger partial charge on any atom is -0.389 e. The number of nitro groups is 1. The van der Waals surface area contributed by atoms with Crippen molar-refractivity contribution in [2.45, 2.75) is 20.0 Å². The van der Waals surface area contributed by atoms with Crippen LogP contribution in [0.25, 0.3) is 11.4 Å². The second-order valence-electron chi connectivity index (χ2n) is 4.18. The van der Waals surface area contributed by atoms with Crippen LogP contribution in [0.3, 0.4) is 0 Å². The van der Waals surface area contributed by atoms with Crippen LogP contribution in [-0.4, -0.2) is 20.0 Å². The quantitative estimate of drug-likeness (QED) is 0.675. The third-order valence-corrected chi connectivity index (χ3v) is 2.81. The number of nitrogens with zero attached hydrogens (tertiary/aromatic N) is 3. The van der Waals surface area contributed by atoms with E-state index in [2.05, 4.69) is 9.97 Å². The van der Waals surface area contributed by atoms with Gasteiger partial charge in [-0.05, 0) is 19.9 Å². The Labute approximate surface area is 109 Å². The van der Waals surface area contributed by atoms with Crippen LogP contribution in [0.4, 0.5) is 5.69 Å². The van der Waals surface area contributed by atoms with Gasteiger partial charge in [0.1, 0.15) is 0 Å². The summed E-state index contributed by atoms with van der Waals surface area (Å²) in [6.07, 6.45) is 0.832. The van der Waals surface area contributed by atoms with Crippen molar-refractivity contribution in [3.8, 4) is 11.4 Å². The molecule has 1 heterocycles. The van der Waals surface area contributed by atoms with E-state index in [0.717, 1.165) is 0 Å². The van der Waals surface area contributed by atoms with Gasteiger partial charge in [0.15, 0.2) is 5.82 Å². The number of nitro benzene ring substituents is 1. The van der Waals surface area contributed by atoms with Gasteiger partial charge in [0.05, 0.1) is 16.6 Å². The third kappa shape index (κ3) is 2.58. The molecule has 0 fully saturated rings. The molecule has 6 heteroatoms. The van der Waals surface area contributed by atoms with E-state index in [9.17, 15) is 15.2 Å². The molecule has 2 rings (SSSR count). The van der Waals surface area contributed by atoms with Crippen molar-refractivity contribution in [2.24, 2.45) is 0 Å². The Balaban J connectivity index is 2.54. The Morgan fingerprint density at radius 3 is 2.63 bits per heavy atom. The fraction of sp³-hybridized carbons (Fsp3) is 0.231. The molecule has 0 bridgehead atoms. The lowest BCUT2D eigenvalue weighted by molar-refractivity contribution is -0.384. The minimum atomic E-state index is -0.667. The highest BCUT2D eigenvalue weighted by molar-refractivity contribution is 5.67. The third-order valence-electron chi connectivity index (χ3n) is 2.81. The summed E-state index contributed by atoms with van der Waals surface area (Å²) in [7, 11) is 0. The average molecular weight is 259 g/mol. The predicted molar refractivity (Wildman–Crippen MR) is 69.5 cm³/mol.